The lowest BCUT2D eigenvalue weighted by Crippen LogP contribution is -2.11. The van der Waals surface area contributed by atoms with Gasteiger partial charge in [-0.2, -0.15) is 4.98 Å². The standard InChI is InChI=1S/C17H13ClFN3O2S/c1-10-20-16(24-22-10)9-25-13-5-2-11(3-6-13)17(23)21-12-4-7-15(19)14(18)8-12/h2-8H,9H2,1H3,(H,21,23). The SMILES string of the molecule is Cc1noc(CSc2ccc(C(=O)Nc3ccc(F)c(Cl)c3)cc2)n1. The second-order valence-electron chi connectivity index (χ2n) is 5.13. The molecule has 128 valence electrons. The van der Waals surface area contributed by atoms with Crippen LogP contribution in [-0.4, -0.2) is 16.0 Å². The number of amides is 1. The maximum atomic E-state index is 13.1. The third-order valence-corrected chi connectivity index (χ3v) is 4.51. The van der Waals surface area contributed by atoms with Crippen LogP contribution in [0.2, 0.25) is 5.02 Å². The number of thioether (sulfide) groups is 1. The molecule has 3 rings (SSSR count). The number of benzene rings is 2. The smallest absolute Gasteiger partial charge is 0.255 e. The first kappa shape index (κ1) is 17.4. The van der Waals surface area contributed by atoms with Crippen molar-refractivity contribution in [2.45, 2.75) is 17.6 Å². The van der Waals surface area contributed by atoms with Crippen LogP contribution in [0.3, 0.4) is 0 Å². The van der Waals surface area contributed by atoms with E-state index in [1.165, 1.54) is 30.0 Å². The predicted octanol–water partition coefficient (Wildman–Crippen LogP) is 4.72. The van der Waals surface area contributed by atoms with Gasteiger partial charge >= 0.3 is 0 Å². The summed E-state index contributed by atoms with van der Waals surface area (Å²) in [5.41, 5.74) is 0.917. The Kier molecular flexibility index (Phi) is 5.35. The van der Waals surface area contributed by atoms with Crippen LogP contribution in [0, 0.1) is 12.7 Å². The fraction of sp³-hybridized carbons (Fsp3) is 0.118. The summed E-state index contributed by atoms with van der Waals surface area (Å²) in [7, 11) is 0. The van der Waals surface area contributed by atoms with E-state index in [4.69, 9.17) is 16.1 Å². The Morgan fingerprint density at radius 1 is 1.28 bits per heavy atom. The first-order chi connectivity index (χ1) is 12.0. The molecule has 0 fully saturated rings. The quantitative estimate of drug-likeness (QED) is 0.652. The van der Waals surface area contributed by atoms with E-state index in [1.807, 2.05) is 12.1 Å². The number of carbonyl (C=O) groups is 1. The third kappa shape index (κ3) is 4.58. The minimum Gasteiger partial charge on any atom is -0.338 e. The molecule has 0 atom stereocenters. The topological polar surface area (TPSA) is 68.0 Å². The number of halogens is 2. The van der Waals surface area contributed by atoms with Gasteiger partial charge in [-0.3, -0.25) is 4.79 Å². The van der Waals surface area contributed by atoms with E-state index in [-0.39, 0.29) is 10.9 Å². The number of nitrogens with one attached hydrogen (secondary N) is 1. The van der Waals surface area contributed by atoms with Crippen molar-refractivity contribution in [2.75, 3.05) is 5.32 Å². The molecule has 8 heteroatoms. The Hall–Kier alpha value is -2.38. The van der Waals surface area contributed by atoms with Crippen LogP contribution < -0.4 is 5.32 Å². The average Bonchev–Trinajstić information content (AvgIpc) is 3.02. The Morgan fingerprint density at radius 3 is 2.68 bits per heavy atom. The number of nitrogens with zero attached hydrogens (tertiary/aromatic N) is 2. The van der Waals surface area contributed by atoms with Crippen molar-refractivity contribution in [1.29, 1.82) is 0 Å². The summed E-state index contributed by atoms with van der Waals surface area (Å²) < 4.78 is 18.2. The minimum absolute atomic E-state index is 0.0409. The number of hydrogen-bond donors (Lipinski definition) is 1. The summed E-state index contributed by atoms with van der Waals surface area (Å²) in [6, 6.07) is 11.1. The van der Waals surface area contributed by atoms with Crippen molar-refractivity contribution in [2.24, 2.45) is 0 Å². The molecule has 0 saturated heterocycles. The number of aromatic nitrogens is 2. The largest absolute Gasteiger partial charge is 0.338 e. The van der Waals surface area contributed by atoms with Crippen molar-refractivity contribution in [3.8, 4) is 0 Å². The summed E-state index contributed by atoms with van der Waals surface area (Å²) in [6.07, 6.45) is 0. The fourth-order valence-electron chi connectivity index (χ4n) is 2.02. The molecule has 0 radical (unpaired) electrons. The monoisotopic (exact) mass is 377 g/mol. The van der Waals surface area contributed by atoms with Crippen molar-refractivity contribution in [1.82, 2.24) is 10.1 Å². The van der Waals surface area contributed by atoms with Gasteiger partial charge < -0.3 is 9.84 Å². The molecule has 0 bridgehead atoms. The highest BCUT2D eigenvalue weighted by Gasteiger charge is 2.09. The number of carbonyl (C=O) groups excluding carboxylic acids is 1. The average molecular weight is 378 g/mol. The molecular weight excluding hydrogens is 365 g/mol. The number of rotatable bonds is 5. The van der Waals surface area contributed by atoms with Crippen LogP contribution in [0.4, 0.5) is 10.1 Å². The molecule has 1 amide bonds. The molecule has 0 unspecified atom stereocenters. The van der Waals surface area contributed by atoms with Crippen molar-refractivity contribution in [3.05, 3.63) is 70.6 Å². The van der Waals surface area contributed by atoms with Gasteiger partial charge in [0.25, 0.3) is 5.91 Å². The zero-order valence-electron chi connectivity index (χ0n) is 13.1. The van der Waals surface area contributed by atoms with Gasteiger partial charge in [0.1, 0.15) is 5.82 Å². The van der Waals surface area contributed by atoms with Gasteiger partial charge in [-0.05, 0) is 49.4 Å². The summed E-state index contributed by atoms with van der Waals surface area (Å²) in [6.45, 7) is 1.76. The molecule has 0 spiro atoms. The Balaban J connectivity index is 1.60. The van der Waals surface area contributed by atoms with Crippen LogP contribution >= 0.6 is 23.4 Å². The van der Waals surface area contributed by atoms with E-state index < -0.39 is 5.82 Å². The molecule has 5 nitrogen and oxygen atoms in total. The van der Waals surface area contributed by atoms with Crippen LogP contribution in [-0.2, 0) is 5.75 Å². The Morgan fingerprint density at radius 2 is 2.04 bits per heavy atom. The molecule has 25 heavy (non-hydrogen) atoms. The Labute approximate surface area is 152 Å². The molecule has 2 aromatic carbocycles. The van der Waals surface area contributed by atoms with Crippen LogP contribution in [0.5, 0.6) is 0 Å². The molecule has 0 saturated carbocycles. The Bertz CT molecular complexity index is 899. The summed E-state index contributed by atoms with van der Waals surface area (Å²) >= 11 is 7.23. The van der Waals surface area contributed by atoms with Gasteiger partial charge in [-0.1, -0.05) is 16.8 Å². The van der Waals surface area contributed by atoms with Gasteiger partial charge in [0.05, 0.1) is 10.8 Å². The molecular formula is C17H13ClFN3O2S. The van der Waals surface area contributed by atoms with Gasteiger partial charge in [0.15, 0.2) is 5.82 Å². The maximum Gasteiger partial charge on any atom is 0.255 e. The molecule has 0 aliphatic rings. The third-order valence-electron chi connectivity index (χ3n) is 3.23. The number of anilines is 1. The normalized spacial score (nSPS) is 10.7. The van der Waals surface area contributed by atoms with Crippen molar-refractivity contribution >= 4 is 35.0 Å². The van der Waals surface area contributed by atoms with E-state index in [2.05, 4.69) is 15.5 Å². The zero-order valence-corrected chi connectivity index (χ0v) is 14.7. The molecule has 1 heterocycles. The van der Waals surface area contributed by atoms with Gasteiger partial charge in [-0.15, -0.1) is 11.8 Å². The van der Waals surface area contributed by atoms with Gasteiger partial charge in [0, 0.05) is 16.1 Å². The number of aryl methyl sites for hydroxylation is 1. The maximum absolute atomic E-state index is 13.1. The highest BCUT2D eigenvalue weighted by atomic mass is 35.5. The second-order valence-corrected chi connectivity index (χ2v) is 6.59. The molecule has 0 aliphatic carbocycles. The van der Waals surface area contributed by atoms with E-state index >= 15 is 0 Å². The number of hydrogen-bond acceptors (Lipinski definition) is 5. The van der Waals surface area contributed by atoms with Gasteiger partial charge in [-0.25, -0.2) is 4.39 Å². The van der Waals surface area contributed by atoms with Crippen LogP contribution in [0.1, 0.15) is 22.1 Å². The lowest BCUT2D eigenvalue weighted by Gasteiger charge is -2.07. The van der Waals surface area contributed by atoms with Gasteiger partial charge in [0.2, 0.25) is 5.89 Å². The summed E-state index contributed by atoms with van der Waals surface area (Å²) in [4.78, 5) is 17.3. The van der Waals surface area contributed by atoms with E-state index in [9.17, 15) is 9.18 Å². The zero-order chi connectivity index (χ0) is 17.8. The molecule has 0 aliphatic heterocycles. The summed E-state index contributed by atoms with van der Waals surface area (Å²) in [5, 5.41) is 6.37. The van der Waals surface area contributed by atoms with E-state index in [1.54, 1.807) is 19.1 Å². The highest BCUT2D eigenvalue weighted by Crippen LogP contribution is 2.23. The molecule has 1 aromatic heterocycles. The first-order valence-electron chi connectivity index (χ1n) is 7.30. The minimum atomic E-state index is -0.530. The predicted molar refractivity (Wildman–Crippen MR) is 94.4 cm³/mol. The van der Waals surface area contributed by atoms with Crippen molar-refractivity contribution < 1.29 is 13.7 Å². The van der Waals surface area contributed by atoms with Crippen LogP contribution in [0.25, 0.3) is 0 Å². The lowest BCUT2D eigenvalue weighted by molar-refractivity contribution is 0.102. The molecule has 3 aromatic rings. The van der Waals surface area contributed by atoms with Crippen molar-refractivity contribution in [3.63, 3.8) is 0 Å². The van der Waals surface area contributed by atoms with Crippen LogP contribution in [0.15, 0.2) is 51.9 Å². The lowest BCUT2D eigenvalue weighted by atomic mass is 10.2. The highest BCUT2D eigenvalue weighted by molar-refractivity contribution is 7.98. The fourth-order valence-corrected chi connectivity index (χ4v) is 2.94. The van der Waals surface area contributed by atoms with E-state index in [0.29, 0.717) is 28.7 Å². The molecule has 1 N–H and O–H groups in total. The summed E-state index contributed by atoms with van der Waals surface area (Å²) in [5.74, 6) is 0.880. The first-order valence-corrected chi connectivity index (χ1v) is 8.66. The second kappa shape index (κ2) is 7.67. The van der Waals surface area contributed by atoms with E-state index in [0.717, 1.165) is 4.90 Å².